The van der Waals surface area contributed by atoms with Gasteiger partial charge in [-0.25, -0.2) is 4.79 Å². The molecule has 0 fully saturated rings. The Morgan fingerprint density at radius 2 is 1.95 bits per heavy atom. The first-order chi connectivity index (χ1) is 17.7. The summed E-state index contributed by atoms with van der Waals surface area (Å²) in [5, 5.41) is 7.93. The first-order valence-electron chi connectivity index (χ1n) is 12.1. The number of hydrogen-bond acceptors (Lipinski definition) is 7. The Labute approximate surface area is 215 Å². The maximum Gasteiger partial charge on any atom is 0.330 e. The van der Waals surface area contributed by atoms with Crippen molar-refractivity contribution in [3.63, 3.8) is 0 Å². The van der Waals surface area contributed by atoms with Gasteiger partial charge in [0.2, 0.25) is 11.8 Å². The van der Waals surface area contributed by atoms with Crippen molar-refractivity contribution in [2.75, 3.05) is 18.5 Å². The summed E-state index contributed by atoms with van der Waals surface area (Å²) in [5.74, 6) is -1.55. The average Bonchev–Trinajstić information content (AvgIpc) is 3.38. The number of carbonyl (C=O) groups is 4. The van der Waals surface area contributed by atoms with Crippen molar-refractivity contribution >= 4 is 29.4 Å². The number of carbonyl (C=O) groups excluding carboxylic acids is 4. The van der Waals surface area contributed by atoms with Gasteiger partial charge in [0.15, 0.2) is 0 Å². The molecule has 3 amide bonds. The molecule has 0 radical (unpaired) electrons. The Morgan fingerprint density at radius 3 is 2.62 bits per heavy atom. The summed E-state index contributed by atoms with van der Waals surface area (Å²) >= 11 is 0. The lowest BCUT2D eigenvalue weighted by atomic mass is 10.1. The fourth-order valence-corrected chi connectivity index (χ4v) is 3.22. The molecule has 0 saturated carbocycles. The highest BCUT2D eigenvalue weighted by Gasteiger charge is 2.22. The third kappa shape index (κ3) is 10.2. The number of pyridine rings is 1. The third-order valence-corrected chi connectivity index (χ3v) is 5.20. The van der Waals surface area contributed by atoms with E-state index in [-0.39, 0.29) is 43.2 Å². The van der Waals surface area contributed by atoms with Gasteiger partial charge in [-0.2, -0.15) is 0 Å². The van der Waals surface area contributed by atoms with Gasteiger partial charge in [0.1, 0.15) is 24.5 Å². The number of rotatable bonds is 14. The summed E-state index contributed by atoms with van der Waals surface area (Å²) in [5.41, 5.74) is -0.366. The second kappa shape index (κ2) is 15.1. The van der Waals surface area contributed by atoms with Crippen LogP contribution in [0.2, 0.25) is 0 Å². The largest absolute Gasteiger partial charge is 0.472 e. The molecule has 2 rings (SSSR count). The molecular weight excluding hydrogens is 480 g/mol. The fourth-order valence-electron chi connectivity index (χ4n) is 3.22. The van der Waals surface area contributed by atoms with Crippen LogP contribution in [0.1, 0.15) is 50.4 Å². The van der Waals surface area contributed by atoms with E-state index >= 15 is 0 Å². The molecule has 0 bridgehead atoms. The number of allylic oxidation sites excluding steroid dienone is 1. The zero-order valence-corrected chi connectivity index (χ0v) is 21.3. The molecule has 3 N–H and O–H groups in total. The molecule has 1 atom stereocenters. The van der Waals surface area contributed by atoms with Crippen LogP contribution in [-0.2, 0) is 25.7 Å². The Hall–Kier alpha value is -4.15. The predicted molar refractivity (Wildman–Crippen MR) is 137 cm³/mol. The summed E-state index contributed by atoms with van der Waals surface area (Å²) in [4.78, 5) is 62.1. The molecule has 0 saturated heterocycles. The lowest BCUT2D eigenvalue weighted by molar-refractivity contribution is -0.137. The first kappa shape index (κ1) is 29.1. The lowest BCUT2D eigenvalue weighted by Crippen LogP contribution is -2.44. The van der Waals surface area contributed by atoms with E-state index in [1.807, 2.05) is 13.8 Å². The van der Waals surface area contributed by atoms with Crippen LogP contribution in [0.15, 0.2) is 58.3 Å². The molecule has 2 heterocycles. The summed E-state index contributed by atoms with van der Waals surface area (Å²) in [6, 6.07) is 3.39. The molecule has 0 aliphatic rings. The fraction of sp³-hybridized carbons (Fsp3) is 0.423. The van der Waals surface area contributed by atoms with Crippen molar-refractivity contribution in [3.8, 4) is 0 Å². The van der Waals surface area contributed by atoms with Crippen molar-refractivity contribution in [2.45, 2.75) is 52.6 Å². The minimum absolute atomic E-state index is 0.0351. The number of nitrogens with one attached hydrogen (secondary N) is 3. The van der Waals surface area contributed by atoms with Crippen molar-refractivity contribution < 1.29 is 28.3 Å². The number of esters is 1. The van der Waals surface area contributed by atoms with E-state index < -0.39 is 29.4 Å². The number of hydrogen-bond donors (Lipinski definition) is 3. The highest BCUT2D eigenvalue weighted by molar-refractivity contribution is 6.01. The number of nitrogens with zero attached hydrogens (tertiary/aromatic N) is 1. The normalized spacial score (nSPS) is 11.8. The van der Waals surface area contributed by atoms with Gasteiger partial charge in [-0.3, -0.25) is 19.2 Å². The quantitative estimate of drug-likeness (QED) is 0.259. The van der Waals surface area contributed by atoms with E-state index in [4.69, 9.17) is 9.15 Å². The Morgan fingerprint density at radius 1 is 1.16 bits per heavy atom. The molecule has 0 spiro atoms. The van der Waals surface area contributed by atoms with E-state index in [0.717, 1.165) is 6.42 Å². The van der Waals surface area contributed by atoms with Gasteiger partial charge in [0.25, 0.3) is 11.5 Å². The maximum absolute atomic E-state index is 13.0. The molecule has 2 aromatic rings. The molecule has 11 heteroatoms. The topological polar surface area (TPSA) is 149 Å². The van der Waals surface area contributed by atoms with Crippen LogP contribution in [0.5, 0.6) is 0 Å². The Kier molecular flexibility index (Phi) is 11.8. The maximum atomic E-state index is 13.0. The summed E-state index contributed by atoms with van der Waals surface area (Å²) in [6.45, 7) is 6.33. The zero-order chi connectivity index (χ0) is 27.2. The number of ether oxygens (including phenoxy) is 1. The van der Waals surface area contributed by atoms with Crippen LogP contribution in [0.25, 0.3) is 0 Å². The van der Waals surface area contributed by atoms with Crippen LogP contribution in [0, 0.1) is 5.92 Å². The van der Waals surface area contributed by atoms with Crippen LogP contribution >= 0.6 is 0 Å². The van der Waals surface area contributed by atoms with Gasteiger partial charge >= 0.3 is 5.97 Å². The van der Waals surface area contributed by atoms with E-state index in [1.165, 1.54) is 47.6 Å². The van der Waals surface area contributed by atoms with Gasteiger partial charge < -0.3 is 29.7 Å². The molecule has 0 unspecified atom stereocenters. The number of amides is 3. The standard InChI is InChI=1S/C26H34N4O7/c1-4-37-23(32)10-6-5-8-20(28-24(33)19-12-15-36-17-19)25(34)29-21-9-7-14-30(26(21)35)16-22(31)27-13-11-18(2)3/h6-7,9-10,12,14-15,17-18,20H,4-5,8,11,13,16H2,1-3H3,(H,27,31)(H,28,33)(H,29,34)/b10-6+/t20-/m0/s1. The van der Waals surface area contributed by atoms with Gasteiger partial charge in [0, 0.05) is 18.8 Å². The number of anilines is 1. The minimum Gasteiger partial charge on any atom is -0.472 e. The highest BCUT2D eigenvalue weighted by Crippen LogP contribution is 2.08. The van der Waals surface area contributed by atoms with E-state index in [1.54, 1.807) is 13.0 Å². The van der Waals surface area contributed by atoms with Crippen molar-refractivity contribution in [3.05, 3.63) is 65.0 Å². The van der Waals surface area contributed by atoms with Crippen molar-refractivity contribution in [2.24, 2.45) is 5.92 Å². The molecule has 2 aromatic heterocycles. The van der Waals surface area contributed by atoms with Crippen molar-refractivity contribution in [1.29, 1.82) is 0 Å². The Bertz CT molecular complexity index is 1140. The van der Waals surface area contributed by atoms with Crippen LogP contribution < -0.4 is 21.5 Å². The van der Waals surface area contributed by atoms with E-state index in [9.17, 15) is 24.0 Å². The van der Waals surface area contributed by atoms with Gasteiger partial charge in [-0.05, 0) is 50.3 Å². The van der Waals surface area contributed by atoms with Crippen LogP contribution in [-0.4, -0.2) is 47.5 Å². The van der Waals surface area contributed by atoms with Gasteiger partial charge in [-0.15, -0.1) is 0 Å². The third-order valence-electron chi connectivity index (χ3n) is 5.20. The first-order valence-corrected chi connectivity index (χ1v) is 12.1. The molecule has 37 heavy (non-hydrogen) atoms. The number of furan rings is 1. The molecule has 11 nitrogen and oxygen atoms in total. The molecule has 0 aromatic carbocycles. The monoisotopic (exact) mass is 514 g/mol. The molecule has 200 valence electrons. The second-order valence-corrected chi connectivity index (χ2v) is 8.65. The van der Waals surface area contributed by atoms with Gasteiger partial charge in [-0.1, -0.05) is 19.9 Å². The predicted octanol–water partition coefficient (Wildman–Crippen LogP) is 2.24. The summed E-state index contributed by atoms with van der Waals surface area (Å²) in [7, 11) is 0. The molecule has 0 aliphatic carbocycles. The van der Waals surface area contributed by atoms with E-state index in [2.05, 4.69) is 16.0 Å². The SMILES string of the molecule is CCOC(=O)/C=C/CC[C@H](NC(=O)c1ccoc1)C(=O)Nc1cccn(CC(=O)NCCC(C)C)c1=O. The molecule has 0 aliphatic heterocycles. The lowest BCUT2D eigenvalue weighted by Gasteiger charge is -2.18. The van der Waals surface area contributed by atoms with Crippen molar-refractivity contribution in [1.82, 2.24) is 15.2 Å². The smallest absolute Gasteiger partial charge is 0.330 e. The van der Waals surface area contributed by atoms with Gasteiger partial charge in [0.05, 0.1) is 18.4 Å². The second-order valence-electron chi connectivity index (χ2n) is 8.65. The highest BCUT2D eigenvalue weighted by atomic mass is 16.5. The minimum atomic E-state index is -1.03. The summed E-state index contributed by atoms with van der Waals surface area (Å²) in [6.07, 6.45) is 8.05. The average molecular weight is 515 g/mol. The summed E-state index contributed by atoms with van der Waals surface area (Å²) < 4.78 is 10.9. The number of aromatic nitrogens is 1. The Balaban J connectivity index is 2.09. The van der Waals surface area contributed by atoms with Crippen LogP contribution in [0.3, 0.4) is 0 Å². The van der Waals surface area contributed by atoms with Crippen LogP contribution in [0.4, 0.5) is 5.69 Å². The zero-order valence-electron chi connectivity index (χ0n) is 21.3. The molecular formula is C26H34N4O7. The van der Waals surface area contributed by atoms with E-state index in [0.29, 0.717) is 12.5 Å².